The predicted molar refractivity (Wildman–Crippen MR) is 64.4 cm³/mol. The number of hydrogen-bond acceptors (Lipinski definition) is 3. The van der Waals surface area contributed by atoms with E-state index in [9.17, 15) is 4.39 Å². The summed E-state index contributed by atoms with van der Waals surface area (Å²) in [7, 11) is 5.11. The molecule has 1 aliphatic rings. The van der Waals surface area contributed by atoms with Gasteiger partial charge in [-0.2, -0.15) is 0 Å². The summed E-state index contributed by atoms with van der Waals surface area (Å²) in [5.74, 6) is 0.874. The number of ether oxygens (including phenoxy) is 2. The van der Waals surface area contributed by atoms with Gasteiger partial charge in [0.15, 0.2) is 11.6 Å². The monoisotopic (exact) mass is 239 g/mol. The fourth-order valence-corrected chi connectivity index (χ4v) is 2.35. The van der Waals surface area contributed by atoms with E-state index in [2.05, 4.69) is 11.9 Å². The van der Waals surface area contributed by atoms with E-state index in [1.165, 1.54) is 7.11 Å². The molecule has 1 unspecified atom stereocenters. The van der Waals surface area contributed by atoms with Crippen LogP contribution in [-0.2, 0) is 0 Å². The molecular formula is C13H18FNO2. The average Bonchev–Trinajstić information content (AvgIpc) is 2.76. The van der Waals surface area contributed by atoms with Crippen LogP contribution in [0.5, 0.6) is 11.5 Å². The summed E-state index contributed by atoms with van der Waals surface area (Å²) in [5, 5.41) is 0. The quantitative estimate of drug-likeness (QED) is 0.807. The Morgan fingerprint density at radius 2 is 2.06 bits per heavy atom. The zero-order chi connectivity index (χ0) is 12.4. The van der Waals surface area contributed by atoms with Gasteiger partial charge in [0, 0.05) is 18.5 Å². The molecule has 94 valence electrons. The van der Waals surface area contributed by atoms with Crippen LogP contribution in [0.4, 0.5) is 4.39 Å². The van der Waals surface area contributed by atoms with Crippen molar-refractivity contribution >= 4 is 0 Å². The molecule has 0 amide bonds. The first-order chi connectivity index (χ1) is 8.15. The van der Waals surface area contributed by atoms with Gasteiger partial charge in [-0.05, 0) is 31.6 Å². The largest absolute Gasteiger partial charge is 0.497 e. The van der Waals surface area contributed by atoms with Crippen LogP contribution in [0.15, 0.2) is 12.1 Å². The lowest BCUT2D eigenvalue weighted by atomic mass is 9.97. The molecule has 0 bridgehead atoms. The van der Waals surface area contributed by atoms with Gasteiger partial charge in [-0.1, -0.05) is 0 Å². The average molecular weight is 239 g/mol. The minimum Gasteiger partial charge on any atom is -0.497 e. The first kappa shape index (κ1) is 12.2. The standard InChI is InChI=1S/C13H18FNO2/c1-15-5-4-9(8-15)11-6-10(16-2)7-12(17-3)13(11)14/h6-7,9H,4-5,8H2,1-3H3. The van der Waals surface area contributed by atoms with E-state index in [1.54, 1.807) is 19.2 Å². The molecule has 1 atom stereocenters. The molecule has 0 spiro atoms. The van der Waals surface area contributed by atoms with E-state index in [-0.39, 0.29) is 17.5 Å². The summed E-state index contributed by atoms with van der Waals surface area (Å²) in [5.41, 5.74) is 0.700. The highest BCUT2D eigenvalue weighted by molar-refractivity contribution is 5.42. The van der Waals surface area contributed by atoms with Crippen LogP contribution in [0, 0.1) is 5.82 Å². The van der Waals surface area contributed by atoms with Gasteiger partial charge in [0.2, 0.25) is 0 Å². The van der Waals surface area contributed by atoms with Gasteiger partial charge in [0.05, 0.1) is 14.2 Å². The lowest BCUT2D eigenvalue weighted by Crippen LogP contribution is -2.14. The smallest absolute Gasteiger partial charge is 0.168 e. The zero-order valence-electron chi connectivity index (χ0n) is 10.5. The highest BCUT2D eigenvalue weighted by Gasteiger charge is 2.26. The van der Waals surface area contributed by atoms with E-state index in [0.717, 1.165) is 19.5 Å². The van der Waals surface area contributed by atoms with Gasteiger partial charge in [-0.15, -0.1) is 0 Å². The normalized spacial score (nSPS) is 20.6. The minimum absolute atomic E-state index is 0.226. The van der Waals surface area contributed by atoms with Crippen LogP contribution in [0.2, 0.25) is 0 Å². The van der Waals surface area contributed by atoms with Gasteiger partial charge in [0.1, 0.15) is 5.75 Å². The summed E-state index contributed by atoms with van der Waals surface area (Å²) < 4.78 is 24.4. The van der Waals surface area contributed by atoms with Crippen molar-refractivity contribution in [1.82, 2.24) is 4.90 Å². The molecule has 17 heavy (non-hydrogen) atoms. The molecule has 0 saturated carbocycles. The van der Waals surface area contributed by atoms with Crippen molar-refractivity contribution in [3.8, 4) is 11.5 Å². The van der Waals surface area contributed by atoms with Crippen molar-refractivity contribution in [3.05, 3.63) is 23.5 Å². The maximum absolute atomic E-state index is 14.2. The van der Waals surface area contributed by atoms with Crippen LogP contribution in [0.25, 0.3) is 0 Å². The maximum atomic E-state index is 14.2. The third kappa shape index (κ3) is 2.36. The molecule has 1 aromatic carbocycles. The van der Waals surface area contributed by atoms with Gasteiger partial charge in [-0.25, -0.2) is 4.39 Å². The first-order valence-corrected chi connectivity index (χ1v) is 5.75. The zero-order valence-corrected chi connectivity index (χ0v) is 10.5. The molecule has 0 radical (unpaired) electrons. The molecular weight excluding hydrogens is 221 g/mol. The fraction of sp³-hybridized carbons (Fsp3) is 0.538. The molecule has 3 nitrogen and oxygen atoms in total. The van der Waals surface area contributed by atoms with Crippen LogP contribution in [0.1, 0.15) is 17.9 Å². The number of methoxy groups -OCH3 is 2. The lowest BCUT2D eigenvalue weighted by molar-refractivity contribution is 0.367. The van der Waals surface area contributed by atoms with Crippen LogP contribution < -0.4 is 9.47 Å². The Morgan fingerprint density at radius 3 is 2.59 bits per heavy atom. The molecule has 1 heterocycles. The second kappa shape index (κ2) is 4.92. The number of nitrogens with zero attached hydrogens (tertiary/aromatic N) is 1. The lowest BCUT2D eigenvalue weighted by Gasteiger charge is -2.15. The molecule has 1 aromatic rings. The number of hydrogen-bond donors (Lipinski definition) is 0. The van der Waals surface area contributed by atoms with Gasteiger partial charge >= 0.3 is 0 Å². The van der Waals surface area contributed by atoms with Crippen molar-refractivity contribution in [3.63, 3.8) is 0 Å². The molecule has 4 heteroatoms. The molecule has 1 saturated heterocycles. The Labute approximate surface area is 101 Å². The Bertz CT molecular complexity index is 409. The van der Waals surface area contributed by atoms with Crippen molar-refractivity contribution in [2.75, 3.05) is 34.4 Å². The van der Waals surface area contributed by atoms with Gasteiger partial charge in [-0.3, -0.25) is 0 Å². The highest BCUT2D eigenvalue weighted by Crippen LogP contribution is 2.35. The van der Waals surface area contributed by atoms with Gasteiger partial charge < -0.3 is 14.4 Å². The Balaban J connectivity index is 2.37. The Morgan fingerprint density at radius 1 is 1.29 bits per heavy atom. The third-order valence-electron chi connectivity index (χ3n) is 3.33. The molecule has 0 aliphatic carbocycles. The van der Waals surface area contributed by atoms with Crippen LogP contribution >= 0.6 is 0 Å². The molecule has 1 fully saturated rings. The summed E-state index contributed by atoms with van der Waals surface area (Å²) in [6.07, 6.45) is 0.976. The van der Waals surface area contributed by atoms with Crippen molar-refractivity contribution in [1.29, 1.82) is 0 Å². The summed E-state index contributed by atoms with van der Waals surface area (Å²) in [6.45, 7) is 1.89. The van der Waals surface area contributed by atoms with E-state index >= 15 is 0 Å². The van der Waals surface area contributed by atoms with Gasteiger partial charge in [0.25, 0.3) is 0 Å². The van der Waals surface area contributed by atoms with Crippen LogP contribution in [-0.4, -0.2) is 39.3 Å². The number of rotatable bonds is 3. The van der Waals surface area contributed by atoms with E-state index in [1.807, 2.05) is 0 Å². The van der Waals surface area contributed by atoms with E-state index < -0.39 is 0 Å². The Kier molecular flexibility index (Phi) is 3.52. The molecule has 0 N–H and O–H groups in total. The molecule has 2 rings (SSSR count). The predicted octanol–water partition coefficient (Wildman–Crippen LogP) is 2.26. The fourth-order valence-electron chi connectivity index (χ4n) is 2.35. The second-order valence-corrected chi connectivity index (χ2v) is 4.48. The minimum atomic E-state index is -0.256. The Hall–Kier alpha value is -1.29. The van der Waals surface area contributed by atoms with Crippen molar-refractivity contribution < 1.29 is 13.9 Å². The number of likely N-dealkylation sites (tertiary alicyclic amines) is 1. The first-order valence-electron chi connectivity index (χ1n) is 5.75. The number of benzene rings is 1. The summed E-state index contributed by atoms with van der Waals surface area (Å²) >= 11 is 0. The second-order valence-electron chi connectivity index (χ2n) is 4.48. The van der Waals surface area contributed by atoms with Crippen LogP contribution in [0.3, 0.4) is 0 Å². The molecule has 0 aromatic heterocycles. The molecule has 1 aliphatic heterocycles. The SMILES string of the molecule is COc1cc(OC)c(F)c(C2CCN(C)C2)c1. The maximum Gasteiger partial charge on any atom is 0.168 e. The van der Waals surface area contributed by atoms with Crippen molar-refractivity contribution in [2.45, 2.75) is 12.3 Å². The van der Waals surface area contributed by atoms with E-state index in [4.69, 9.17) is 9.47 Å². The summed E-state index contributed by atoms with van der Waals surface area (Å²) in [4.78, 5) is 2.20. The number of halogens is 1. The summed E-state index contributed by atoms with van der Waals surface area (Å²) in [6, 6.07) is 3.36. The third-order valence-corrected chi connectivity index (χ3v) is 3.33. The topological polar surface area (TPSA) is 21.7 Å². The number of likely N-dealkylation sites (N-methyl/N-ethyl adjacent to an activating group) is 1. The van der Waals surface area contributed by atoms with Crippen molar-refractivity contribution in [2.24, 2.45) is 0 Å². The highest BCUT2D eigenvalue weighted by atomic mass is 19.1. The van der Waals surface area contributed by atoms with E-state index in [0.29, 0.717) is 11.3 Å².